The molecule has 5 nitrogen and oxygen atoms in total. The molecule has 1 aromatic heterocycles. The summed E-state index contributed by atoms with van der Waals surface area (Å²) in [6, 6.07) is 1.51. The molecule has 102 valence electrons. The van der Waals surface area contributed by atoms with Crippen molar-refractivity contribution in [2.75, 3.05) is 18.6 Å². The van der Waals surface area contributed by atoms with Crippen LogP contribution in [0.15, 0.2) is 15.7 Å². The zero-order valence-electron chi connectivity index (χ0n) is 11.2. The first-order valence-corrected chi connectivity index (χ1v) is 7.43. The Morgan fingerprint density at radius 3 is 2.61 bits per heavy atom. The van der Waals surface area contributed by atoms with Crippen LogP contribution >= 0.6 is 11.8 Å². The molecule has 1 aromatic rings. The first-order chi connectivity index (χ1) is 8.57. The van der Waals surface area contributed by atoms with Crippen molar-refractivity contribution in [3.05, 3.63) is 32.6 Å². The summed E-state index contributed by atoms with van der Waals surface area (Å²) in [5.41, 5.74) is 0.201. The number of thioether (sulfide) groups is 1. The van der Waals surface area contributed by atoms with Crippen molar-refractivity contribution in [3.63, 3.8) is 0 Å². The van der Waals surface area contributed by atoms with Gasteiger partial charge in [-0.15, -0.1) is 0 Å². The second-order valence-corrected chi connectivity index (χ2v) is 5.24. The fraction of sp³-hybridized carbons (Fsp3) is 0.667. The monoisotopic (exact) mass is 271 g/mol. The molecular weight excluding hydrogens is 250 g/mol. The predicted octanol–water partition coefficient (Wildman–Crippen LogP) is 0.317. The molecule has 0 fully saturated rings. The van der Waals surface area contributed by atoms with Crippen LogP contribution in [0, 0.1) is 0 Å². The van der Waals surface area contributed by atoms with E-state index in [1.807, 2.05) is 11.8 Å². The zero-order chi connectivity index (χ0) is 13.5. The topological polar surface area (TPSA) is 56.0 Å². The number of aromatic nitrogens is 2. The maximum Gasteiger partial charge on any atom is 0.330 e. The average Bonchev–Trinajstić information content (AvgIpc) is 2.37. The summed E-state index contributed by atoms with van der Waals surface area (Å²) in [7, 11) is 3.18. The molecule has 1 N–H and O–H groups in total. The number of nitrogens with zero attached hydrogens (tertiary/aromatic N) is 2. The number of rotatable bonds is 7. The molecular formula is C12H21N3O2S. The van der Waals surface area contributed by atoms with Crippen LogP contribution in [0.5, 0.6) is 0 Å². The van der Waals surface area contributed by atoms with Crippen LogP contribution in [0.1, 0.15) is 18.5 Å². The maximum atomic E-state index is 11.7. The lowest BCUT2D eigenvalue weighted by Gasteiger charge is -2.10. The summed E-state index contributed by atoms with van der Waals surface area (Å²) in [6.07, 6.45) is 4.40. The van der Waals surface area contributed by atoms with Crippen molar-refractivity contribution in [1.82, 2.24) is 14.5 Å². The van der Waals surface area contributed by atoms with Gasteiger partial charge in [0, 0.05) is 32.4 Å². The van der Waals surface area contributed by atoms with Gasteiger partial charge in [0.25, 0.3) is 5.56 Å². The Bertz CT molecular complexity index is 493. The summed E-state index contributed by atoms with van der Waals surface area (Å²) in [6.45, 7) is 1.46. The van der Waals surface area contributed by atoms with Crippen molar-refractivity contribution in [3.8, 4) is 0 Å². The van der Waals surface area contributed by atoms with E-state index in [-0.39, 0.29) is 11.2 Å². The summed E-state index contributed by atoms with van der Waals surface area (Å²) < 4.78 is 2.62. The van der Waals surface area contributed by atoms with E-state index in [9.17, 15) is 9.59 Å². The molecule has 1 heterocycles. The Morgan fingerprint density at radius 2 is 1.94 bits per heavy atom. The Morgan fingerprint density at radius 1 is 1.22 bits per heavy atom. The molecule has 18 heavy (non-hydrogen) atoms. The zero-order valence-corrected chi connectivity index (χ0v) is 12.0. The molecule has 0 aliphatic heterocycles. The normalized spacial score (nSPS) is 10.8. The lowest BCUT2D eigenvalue weighted by molar-refractivity contribution is 0.587. The summed E-state index contributed by atoms with van der Waals surface area (Å²) in [5, 5.41) is 3.26. The molecule has 0 saturated carbocycles. The number of nitrogens with one attached hydrogen (secondary N) is 1. The minimum atomic E-state index is -0.276. The summed E-state index contributed by atoms with van der Waals surface area (Å²) >= 11 is 1.85. The van der Waals surface area contributed by atoms with Crippen LogP contribution in [-0.2, 0) is 20.6 Å². The van der Waals surface area contributed by atoms with Gasteiger partial charge in [-0.1, -0.05) is 0 Å². The highest BCUT2D eigenvalue weighted by Gasteiger charge is 2.04. The molecule has 0 spiro atoms. The van der Waals surface area contributed by atoms with Crippen LogP contribution in [-0.4, -0.2) is 27.7 Å². The van der Waals surface area contributed by atoms with E-state index in [4.69, 9.17) is 0 Å². The largest absolute Gasteiger partial charge is 0.330 e. The summed E-state index contributed by atoms with van der Waals surface area (Å²) in [4.78, 5) is 23.2. The molecule has 0 aliphatic carbocycles. The van der Waals surface area contributed by atoms with Gasteiger partial charge in [-0.3, -0.25) is 13.9 Å². The van der Waals surface area contributed by atoms with Gasteiger partial charge in [0.1, 0.15) is 0 Å². The van der Waals surface area contributed by atoms with Gasteiger partial charge in [-0.05, 0) is 31.4 Å². The molecule has 0 aromatic carbocycles. The Hall–Kier alpha value is -1.01. The fourth-order valence-corrected chi connectivity index (χ4v) is 2.15. The van der Waals surface area contributed by atoms with E-state index in [0.29, 0.717) is 6.54 Å². The smallest absolute Gasteiger partial charge is 0.311 e. The molecule has 0 unspecified atom stereocenters. The van der Waals surface area contributed by atoms with Gasteiger partial charge in [0.15, 0.2) is 0 Å². The maximum absolute atomic E-state index is 11.7. The molecule has 0 atom stereocenters. The minimum absolute atomic E-state index is 0.253. The van der Waals surface area contributed by atoms with E-state index in [2.05, 4.69) is 11.6 Å². The quantitative estimate of drug-likeness (QED) is 0.726. The van der Waals surface area contributed by atoms with E-state index in [1.165, 1.54) is 29.9 Å². The van der Waals surface area contributed by atoms with Gasteiger partial charge < -0.3 is 5.32 Å². The summed E-state index contributed by atoms with van der Waals surface area (Å²) in [5.74, 6) is 1.17. The molecule has 0 radical (unpaired) electrons. The third kappa shape index (κ3) is 4.03. The molecule has 0 bridgehead atoms. The van der Waals surface area contributed by atoms with Gasteiger partial charge in [0.2, 0.25) is 0 Å². The fourth-order valence-electron chi connectivity index (χ4n) is 1.66. The van der Waals surface area contributed by atoms with Crippen molar-refractivity contribution < 1.29 is 0 Å². The second kappa shape index (κ2) is 7.43. The minimum Gasteiger partial charge on any atom is -0.311 e. The van der Waals surface area contributed by atoms with Crippen LogP contribution in [0.3, 0.4) is 0 Å². The molecule has 0 aliphatic rings. The van der Waals surface area contributed by atoms with E-state index >= 15 is 0 Å². The van der Waals surface area contributed by atoms with Gasteiger partial charge in [-0.2, -0.15) is 11.8 Å². The number of hydrogen-bond acceptors (Lipinski definition) is 4. The molecule has 0 amide bonds. The van der Waals surface area contributed by atoms with E-state index in [1.54, 1.807) is 7.05 Å². The van der Waals surface area contributed by atoms with Crippen LogP contribution in [0.25, 0.3) is 0 Å². The first kappa shape index (κ1) is 15.0. The predicted molar refractivity (Wildman–Crippen MR) is 76.2 cm³/mol. The lowest BCUT2D eigenvalue weighted by atomic mass is 10.3. The second-order valence-electron chi connectivity index (χ2n) is 4.25. The Balaban J connectivity index is 2.53. The van der Waals surface area contributed by atoms with Crippen molar-refractivity contribution in [2.45, 2.75) is 19.4 Å². The molecule has 6 heteroatoms. The van der Waals surface area contributed by atoms with Crippen molar-refractivity contribution >= 4 is 11.8 Å². The SMILES string of the molecule is CSCCCCNCc1cc(=O)n(C)c(=O)n1C. The van der Waals surface area contributed by atoms with Crippen molar-refractivity contribution in [2.24, 2.45) is 14.1 Å². The van der Waals surface area contributed by atoms with Crippen LogP contribution < -0.4 is 16.6 Å². The van der Waals surface area contributed by atoms with Crippen LogP contribution in [0.2, 0.25) is 0 Å². The van der Waals surface area contributed by atoms with E-state index < -0.39 is 0 Å². The first-order valence-electron chi connectivity index (χ1n) is 6.03. The molecule has 1 rings (SSSR count). The Labute approximate surface area is 111 Å². The average molecular weight is 271 g/mol. The van der Waals surface area contributed by atoms with Gasteiger partial charge in [0.05, 0.1) is 0 Å². The van der Waals surface area contributed by atoms with Gasteiger partial charge >= 0.3 is 5.69 Å². The number of unbranched alkanes of at least 4 members (excludes halogenated alkanes) is 1. The number of hydrogen-bond donors (Lipinski definition) is 1. The van der Waals surface area contributed by atoms with Crippen molar-refractivity contribution in [1.29, 1.82) is 0 Å². The van der Waals surface area contributed by atoms with E-state index in [0.717, 1.165) is 23.2 Å². The molecule has 0 saturated heterocycles. The highest BCUT2D eigenvalue weighted by Crippen LogP contribution is 1.98. The third-order valence-electron chi connectivity index (χ3n) is 2.88. The highest BCUT2D eigenvalue weighted by molar-refractivity contribution is 7.98. The van der Waals surface area contributed by atoms with Crippen LogP contribution in [0.4, 0.5) is 0 Å². The standard InChI is InChI=1S/C12H21N3O2S/c1-14-10(8-11(16)15(2)12(14)17)9-13-6-4-5-7-18-3/h8,13H,4-7,9H2,1-3H3. The third-order valence-corrected chi connectivity index (χ3v) is 3.58. The highest BCUT2D eigenvalue weighted by atomic mass is 32.2. The Kier molecular flexibility index (Phi) is 6.21. The lowest BCUT2D eigenvalue weighted by Crippen LogP contribution is -2.39. The van der Waals surface area contributed by atoms with Gasteiger partial charge in [-0.25, -0.2) is 4.79 Å².